The lowest BCUT2D eigenvalue weighted by Gasteiger charge is -2.34. The Hall–Kier alpha value is -3.30. The predicted octanol–water partition coefficient (Wildman–Crippen LogP) is 4.31. The molecule has 0 spiro atoms. The maximum Gasteiger partial charge on any atom is 0.252 e. The number of imidazole rings is 1. The SMILES string of the molecule is Br.O=C(NCCCCN(Cc1nc2ccccc2[nH]1)C1CCCc2cccnc21)c1ccc(=O)[nH]c1. The summed E-state index contributed by atoms with van der Waals surface area (Å²) in [5.41, 5.74) is 4.79. The molecule has 3 heterocycles. The van der Waals surface area contributed by atoms with E-state index in [4.69, 9.17) is 9.97 Å². The largest absolute Gasteiger partial charge is 0.352 e. The van der Waals surface area contributed by atoms with Crippen molar-refractivity contribution in [3.05, 3.63) is 93.9 Å². The van der Waals surface area contributed by atoms with E-state index in [1.54, 1.807) is 0 Å². The minimum atomic E-state index is -0.218. The van der Waals surface area contributed by atoms with Gasteiger partial charge in [-0.25, -0.2) is 4.98 Å². The van der Waals surface area contributed by atoms with Crippen molar-refractivity contribution in [2.75, 3.05) is 13.1 Å². The van der Waals surface area contributed by atoms with Crippen LogP contribution >= 0.6 is 17.0 Å². The van der Waals surface area contributed by atoms with Crippen molar-refractivity contribution in [2.45, 2.75) is 44.7 Å². The van der Waals surface area contributed by atoms with E-state index >= 15 is 0 Å². The van der Waals surface area contributed by atoms with E-state index in [1.165, 1.54) is 29.6 Å². The molecule has 1 amide bonds. The van der Waals surface area contributed by atoms with Crippen LogP contribution in [0.3, 0.4) is 0 Å². The highest BCUT2D eigenvalue weighted by atomic mass is 79.9. The summed E-state index contributed by atoms with van der Waals surface area (Å²) in [5, 5.41) is 2.94. The number of halogens is 1. The molecule has 188 valence electrons. The number of hydrogen-bond donors (Lipinski definition) is 3. The van der Waals surface area contributed by atoms with Crippen LogP contribution in [-0.2, 0) is 13.0 Å². The number of fused-ring (bicyclic) bond motifs is 2. The minimum Gasteiger partial charge on any atom is -0.352 e. The second kappa shape index (κ2) is 12.1. The predicted molar refractivity (Wildman–Crippen MR) is 145 cm³/mol. The topological polar surface area (TPSA) is 107 Å². The number of nitrogens with zero attached hydrogens (tertiary/aromatic N) is 3. The second-order valence-electron chi connectivity index (χ2n) is 9.03. The molecule has 0 bridgehead atoms. The molecule has 1 aliphatic rings. The van der Waals surface area contributed by atoms with Gasteiger partial charge in [0.2, 0.25) is 5.56 Å². The first kappa shape index (κ1) is 25.8. The van der Waals surface area contributed by atoms with E-state index in [1.807, 2.05) is 30.5 Å². The van der Waals surface area contributed by atoms with Crippen LogP contribution in [0.4, 0.5) is 0 Å². The van der Waals surface area contributed by atoms with Gasteiger partial charge in [-0.1, -0.05) is 18.2 Å². The standard InChI is InChI=1S/C27H30N6O2.BrH/c34-25-13-12-20(17-30-25)27(35)29-14-3-4-16-33(18-24-31-21-9-1-2-10-22(21)32-24)23-11-5-7-19-8-6-15-28-26(19)23;/h1-2,6,8-10,12-13,15,17,23H,3-5,7,11,14,16,18H2,(H,29,35)(H,30,34)(H,31,32);1H. The lowest BCUT2D eigenvalue weighted by Crippen LogP contribution is -2.33. The van der Waals surface area contributed by atoms with Crippen LogP contribution in [0.1, 0.15) is 59.2 Å². The van der Waals surface area contributed by atoms with Crippen molar-refractivity contribution in [1.29, 1.82) is 0 Å². The van der Waals surface area contributed by atoms with E-state index in [0.29, 0.717) is 12.1 Å². The van der Waals surface area contributed by atoms with Crippen molar-refractivity contribution in [3.63, 3.8) is 0 Å². The number of aryl methyl sites for hydroxylation is 1. The van der Waals surface area contributed by atoms with Gasteiger partial charge in [-0.2, -0.15) is 0 Å². The molecule has 36 heavy (non-hydrogen) atoms. The molecule has 3 aromatic heterocycles. The molecule has 4 aromatic rings. The third-order valence-electron chi connectivity index (χ3n) is 6.60. The van der Waals surface area contributed by atoms with E-state index in [0.717, 1.165) is 62.1 Å². The van der Waals surface area contributed by atoms with Crippen molar-refractivity contribution in [1.82, 2.24) is 30.2 Å². The summed E-state index contributed by atoms with van der Waals surface area (Å²) >= 11 is 0. The third kappa shape index (κ3) is 6.09. The highest BCUT2D eigenvalue weighted by Crippen LogP contribution is 2.33. The number of nitrogens with one attached hydrogen (secondary N) is 3. The van der Waals surface area contributed by atoms with Crippen molar-refractivity contribution < 1.29 is 4.79 Å². The van der Waals surface area contributed by atoms with Crippen LogP contribution in [0, 0.1) is 0 Å². The smallest absolute Gasteiger partial charge is 0.252 e. The van der Waals surface area contributed by atoms with Gasteiger partial charge in [-0.3, -0.25) is 19.5 Å². The first-order chi connectivity index (χ1) is 17.2. The summed E-state index contributed by atoms with van der Waals surface area (Å²) in [5.74, 6) is 0.784. The molecule has 0 aliphatic heterocycles. The fourth-order valence-electron chi connectivity index (χ4n) is 4.85. The summed E-state index contributed by atoms with van der Waals surface area (Å²) < 4.78 is 0. The van der Waals surface area contributed by atoms with E-state index in [2.05, 4.69) is 32.3 Å². The zero-order valence-corrected chi connectivity index (χ0v) is 21.8. The van der Waals surface area contributed by atoms with Crippen LogP contribution in [0.2, 0.25) is 0 Å². The lowest BCUT2D eigenvalue weighted by molar-refractivity contribution is 0.0951. The Kier molecular flexibility index (Phi) is 8.66. The first-order valence-electron chi connectivity index (χ1n) is 12.3. The van der Waals surface area contributed by atoms with Crippen LogP contribution in [0.15, 0.2) is 65.7 Å². The number of carbonyl (C=O) groups excluding carboxylic acids is 1. The molecule has 0 fully saturated rings. The Balaban J connectivity index is 0.00000304. The van der Waals surface area contributed by atoms with Gasteiger partial charge in [0.05, 0.1) is 34.9 Å². The molecule has 0 saturated carbocycles. The summed E-state index contributed by atoms with van der Waals surface area (Å²) in [6.45, 7) is 2.18. The third-order valence-corrected chi connectivity index (χ3v) is 6.60. The zero-order chi connectivity index (χ0) is 24.0. The molecule has 9 heteroatoms. The van der Waals surface area contributed by atoms with Gasteiger partial charge < -0.3 is 15.3 Å². The van der Waals surface area contributed by atoms with Crippen molar-refractivity contribution in [2.24, 2.45) is 0 Å². The number of benzene rings is 1. The molecule has 1 atom stereocenters. The van der Waals surface area contributed by atoms with Gasteiger partial charge >= 0.3 is 0 Å². The Bertz CT molecular complexity index is 1310. The van der Waals surface area contributed by atoms with E-state index in [-0.39, 0.29) is 34.5 Å². The zero-order valence-electron chi connectivity index (χ0n) is 20.1. The number of aromatic nitrogens is 4. The van der Waals surface area contributed by atoms with Crippen LogP contribution < -0.4 is 10.9 Å². The maximum absolute atomic E-state index is 12.3. The van der Waals surface area contributed by atoms with Crippen LogP contribution in [0.25, 0.3) is 11.0 Å². The first-order valence-corrected chi connectivity index (χ1v) is 12.3. The number of hydrogen-bond acceptors (Lipinski definition) is 5. The van der Waals surface area contributed by atoms with Gasteiger partial charge in [-0.05, 0) is 68.5 Å². The molecule has 5 rings (SSSR count). The van der Waals surface area contributed by atoms with Crippen molar-refractivity contribution >= 4 is 33.9 Å². The Morgan fingerprint density at radius 2 is 2.00 bits per heavy atom. The number of pyridine rings is 2. The van der Waals surface area contributed by atoms with Gasteiger partial charge in [0.15, 0.2) is 0 Å². The van der Waals surface area contributed by atoms with Crippen LogP contribution in [-0.4, -0.2) is 43.8 Å². The monoisotopic (exact) mass is 550 g/mol. The number of rotatable bonds is 9. The molecular weight excluding hydrogens is 520 g/mol. The summed E-state index contributed by atoms with van der Waals surface area (Å²) in [4.78, 5) is 41.6. The molecule has 0 saturated heterocycles. The maximum atomic E-state index is 12.3. The van der Waals surface area contributed by atoms with Gasteiger partial charge in [0.1, 0.15) is 5.82 Å². The van der Waals surface area contributed by atoms with Crippen molar-refractivity contribution in [3.8, 4) is 0 Å². The number of para-hydroxylation sites is 2. The summed E-state index contributed by atoms with van der Waals surface area (Å²) in [6, 6.07) is 15.5. The fourth-order valence-corrected chi connectivity index (χ4v) is 4.85. The lowest BCUT2D eigenvalue weighted by atomic mass is 9.90. The molecule has 1 aromatic carbocycles. The normalized spacial score (nSPS) is 14.9. The van der Waals surface area contributed by atoms with E-state index in [9.17, 15) is 9.59 Å². The average molecular weight is 551 g/mol. The molecule has 0 radical (unpaired) electrons. The molecule has 3 N–H and O–H groups in total. The highest BCUT2D eigenvalue weighted by molar-refractivity contribution is 8.93. The van der Waals surface area contributed by atoms with Gasteiger partial charge in [0.25, 0.3) is 5.91 Å². The quantitative estimate of drug-likeness (QED) is 0.269. The Labute approximate surface area is 220 Å². The van der Waals surface area contributed by atoms with Gasteiger partial charge in [0, 0.05) is 25.0 Å². The number of amides is 1. The number of carbonyl (C=O) groups is 1. The van der Waals surface area contributed by atoms with Gasteiger partial charge in [-0.15, -0.1) is 17.0 Å². The summed E-state index contributed by atoms with van der Waals surface area (Å²) in [7, 11) is 0. The highest BCUT2D eigenvalue weighted by Gasteiger charge is 2.27. The second-order valence-corrected chi connectivity index (χ2v) is 9.03. The number of H-pyrrole nitrogens is 2. The average Bonchev–Trinajstić information content (AvgIpc) is 3.30. The summed E-state index contributed by atoms with van der Waals surface area (Å²) in [6.07, 6.45) is 8.43. The van der Waals surface area contributed by atoms with Crippen LogP contribution in [0.5, 0.6) is 0 Å². The fraction of sp³-hybridized carbons (Fsp3) is 0.333. The molecular formula is C27H31BrN6O2. The van der Waals surface area contributed by atoms with E-state index < -0.39 is 0 Å². The molecule has 1 aliphatic carbocycles. The Morgan fingerprint density at radius 1 is 1.11 bits per heavy atom. The Morgan fingerprint density at radius 3 is 2.83 bits per heavy atom. The molecule has 8 nitrogen and oxygen atoms in total. The molecule has 1 unspecified atom stereocenters. The number of unbranched alkanes of at least 4 members (excludes halogenated alkanes) is 1. The number of aromatic amines is 2. The minimum absolute atomic E-state index is 0.